The molecule has 0 saturated carbocycles. The minimum atomic E-state index is -0.184. The smallest absolute Gasteiger partial charge is 0.282 e. The molecule has 4 rings (SSSR count). The van der Waals surface area contributed by atoms with E-state index in [1.54, 1.807) is 12.3 Å². The average molecular weight is 512 g/mol. The first-order chi connectivity index (χ1) is 15.2. The largest absolute Gasteiger partial charge is 0.318 e. The van der Waals surface area contributed by atoms with Crippen LogP contribution in [0.15, 0.2) is 56.8 Å². The maximum atomic E-state index is 13.3. The molecule has 32 heavy (non-hydrogen) atoms. The minimum absolute atomic E-state index is 0.0365. The Morgan fingerprint density at radius 1 is 1.09 bits per heavy atom. The predicted molar refractivity (Wildman–Crippen MR) is 136 cm³/mol. The van der Waals surface area contributed by atoms with Gasteiger partial charge in [-0.2, -0.15) is 9.78 Å². The van der Waals surface area contributed by atoms with Crippen LogP contribution in [-0.4, -0.2) is 20.4 Å². The fraction of sp³-hybridized carbons (Fsp3) is 0.240. The topological polar surface area (TPSA) is 52.2 Å². The maximum absolute atomic E-state index is 13.3. The van der Waals surface area contributed by atoms with Crippen LogP contribution in [0, 0.1) is 20.8 Å². The van der Waals surface area contributed by atoms with Crippen LogP contribution >= 0.6 is 27.5 Å². The van der Waals surface area contributed by atoms with Gasteiger partial charge in [0.2, 0.25) is 0 Å². The van der Waals surface area contributed by atoms with Gasteiger partial charge in [0.05, 0.1) is 17.1 Å². The van der Waals surface area contributed by atoms with Crippen molar-refractivity contribution in [2.24, 2.45) is 5.10 Å². The quantitative estimate of drug-likeness (QED) is 0.292. The van der Waals surface area contributed by atoms with Crippen molar-refractivity contribution >= 4 is 44.6 Å². The fourth-order valence-corrected chi connectivity index (χ4v) is 4.41. The number of aryl methyl sites for hydroxylation is 2. The Morgan fingerprint density at radius 2 is 1.84 bits per heavy atom. The van der Waals surface area contributed by atoms with E-state index in [1.165, 1.54) is 4.68 Å². The highest BCUT2D eigenvalue weighted by Gasteiger charge is 2.15. The van der Waals surface area contributed by atoms with Crippen LogP contribution in [0.4, 0.5) is 0 Å². The van der Waals surface area contributed by atoms with Gasteiger partial charge < -0.3 is 4.57 Å². The van der Waals surface area contributed by atoms with Gasteiger partial charge in [0.25, 0.3) is 5.56 Å². The van der Waals surface area contributed by atoms with Crippen LogP contribution in [0.25, 0.3) is 16.6 Å². The lowest BCUT2D eigenvalue weighted by molar-refractivity contribution is 0.665. The lowest BCUT2D eigenvalue weighted by atomic mass is 10.2. The van der Waals surface area contributed by atoms with Crippen molar-refractivity contribution in [2.45, 2.75) is 40.5 Å². The van der Waals surface area contributed by atoms with Crippen molar-refractivity contribution in [3.63, 3.8) is 0 Å². The molecule has 4 aromatic rings. The first-order valence-electron chi connectivity index (χ1n) is 10.4. The average Bonchev–Trinajstić information content (AvgIpc) is 3.02. The molecule has 2 heterocycles. The molecule has 0 radical (unpaired) electrons. The van der Waals surface area contributed by atoms with E-state index in [4.69, 9.17) is 16.6 Å². The Hall–Kier alpha value is -2.70. The van der Waals surface area contributed by atoms with E-state index in [9.17, 15) is 4.79 Å². The molecular formula is C25H24BrClN4O. The van der Waals surface area contributed by atoms with Gasteiger partial charge in [-0.15, -0.1) is 0 Å². The molecule has 164 valence electrons. The number of aromatic nitrogens is 3. The van der Waals surface area contributed by atoms with Crippen LogP contribution in [0.1, 0.15) is 48.1 Å². The molecular weight excluding hydrogens is 488 g/mol. The molecule has 0 spiro atoms. The zero-order valence-electron chi connectivity index (χ0n) is 18.6. The van der Waals surface area contributed by atoms with E-state index in [0.29, 0.717) is 21.7 Å². The SMILES string of the molecule is Cc1ccc(Cl)cc1-n1c(C)cc(C=Nn2c(C(C)C)nc3ccc(Br)cc3c2=O)c1C. The molecule has 5 nitrogen and oxygen atoms in total. The van der Waals surface area contributed by atoms with Crippen molar-refractivity contribution in [1.29, 1.82) is 0 Å². The molecule has 2 aromatic heterocycles. The van der Waals surface area contributed by atoms with Crippen LogP contribution in [0.3, 0.4) is 0 Å². The normalized spacial score (nSPS) is 11.9. The summed E-state index contributed by atoms with van der Waals surface area (Å²) in [5.74, 6) is 0.662. The van der Waals surface area contributed by atoms with E-state index in [2.05, 4.69) is 38.6 Å². The fourth-order valence-electron chi connectivity index (χ4n) is 3.88. The van der Waals surface area contributed by atoms with Crippen molar-refractivity contribution in [3.05, 3.63) is 90.7 Å². The Labute approximate surface area is 200 Å². The summed E-state index contributed by atoms with van der Waals surface area (Å²) in [5, 5.41) is 5.81. The summed E-state index contributed by atoms with van der Waals surface area (Å²) in [5.41, 5.74) is 5.65. The first-order valence-corrected chi connectivity index (χ1v) is 11.6. The molecule has 0 fully saturated rings. The Kier molecular flexibility index (Phi) is 6.10. The number of benzene rings is 2. The van der Waals surface area contributed by atoms with Gasteiger partial charge in [0, 0.05) is 38.1 Å². The summed E-state index contributed by atoms with van der Waals surface area (Å²) in [6.45, 7) is 10.2. The maximum Gasteiger partial charge on any atom is 0.282 e. The third-order valence-corrected chi connectivity index (χ3v) is 6.27. The lowest BCUT2D eigenvalue weighted by Crippen LogP contribution is -2.23. The van der Waals surface area contributed by atoms with Crippen LogP contribution in [-0.2, 0) is 0 Å². The highest BCUT2D eigenvalue weighted by atomic mass is 79.9. The third-order valence-electron chi connectivity index (χ3n) is 5.54. The summed E-state index contributed by atoms with van der Waals surface area (Å²) in [4.78, 5) is 18.0. The molecule has 0 N–H and O–H groups in total. The summed E-state index contributed by atoms with van der Waals surface area (Å²) < 4.78 is 4.40. The third kappa shape index (κ3) is 4.05. The van der Waals surface area contributed by atoms with Gasteiger partial charge in [-0.3, -0.25) is 4.79 Å². The van der Waals surface area contributed by atoms with Gasteiger partial charge in [-0.05, 0) is 62.7 Å². The summed E-state index contributed by atoms with van der Waals surface area (Å²) in [7, 11) is 0. The second-order valence-electron chi connectivity index (χ2n) is 8.24. The summed E-state index contributed by atoms with van der Waals surface area (Å²) in [6, 6.07) is 13.4. The van der Waals surface area contributed by atoms with Crippen molar-refractivity contribution in [2.75, 3.05) is 0 Å². The Morgan fingerprint density at radius 3 is 2.56 bits per heavy atom. The molecule has 0 aliphatic rings. The standard InChI is InChI=1S/C25H24BrClN4O/c1-14(2)24-29-22-9-7-19(26)11-21(22)25(32)31(24)28-13-18-10-16(4)30(17(18)5)23-12-20(27)8-6-15(23)3/h6-14H,1-5H3. The van der Waals surface area contributed by atoms with Crippen molar-refractivity contribution in [3.8, 4) is 5.69 Å². The molecule has 0 amide bonds. The predicted octanol–water partition coefficient (Wildman–Crippen LogP) is 6.53. The van der Waals surface area contributed by atoms with Gasteiger partial charge in [-0.25, -0.2) is 4.98 Å². The van der Waals surface area contributed by atoms with Crippen LogP contribution < -0.4 is 5.56 Å². The Bertz CT molecular complexity index is 1430. The molecule has 7 heteroatoms. The highest BCUT2D eigenvalue weighted by molar-refractivity contribution is 9.10. The van der Waals surface area contributed by atoms with E-state index >= 15 is 0 Å². The molecule has 0 aliphatic carbocycles. The Balaban J connectivity index is 1.85. The monoisotopic (exact) mass is 510 g/mol. The van der Waals surface area contributed by atoms with Crippen molar-refractivity contribution < 1.29 is 0 Å². The van der Waals surface area contributed by atoms with E-state index in [1.807, 2.05) is 58.0 Å². The lowest BCUT2D eigenvalue weighted by Gasteiger charge is -2.13. The number of rotatable bonds is 4. The molecule has 0 atom stereocenters. The van der Waals surface area contributed by atoms with Gasteiger partial charge in [0.15, 0.2) is 0 Å². The van der Waals surface area contributed by atoms with E-state index in [-0.39, 0.29) is 11.5 Å². The van der Waals surface area contributed by atoms with E-state index < -0.39 is 0 Å². The van der Waals surface area contributed by atoms with Crippen molar-refractivity contribution in [1.82, 2.24) is 14.2 Å². The molecule has 2 aromatic carbocycles. The number of hydrogen-bond donors (Lipinski definition) is 0. The number of halogens is 2. The van der Waals surface area contributed by atoms with Crippen LogP contribution in [0.2, 0.25) is 5.02 Å². The molecule has 0 unspecified atom stereocenters. The number of fused-ring (bicyclic) bond motifs is 1. The highest BCUT2D eigenvalue weighted by Crippen LogP contribution is 2.25. The number of hydrogen-bond acceptors (Lipinski definition) is 3. The second-order valence-corrected chi connectivity index (χ2v) is 9.59. The summed E-state index contributed by atoms with van der Waals surface area (Å²) in [6.07, 6.45) is 1.73. The zero-order chi connectivity index (χ0) is 23.2. The number of nitrogens with zero attached hydrogens (tertiary/aromatic N) is 4. The van der Waals surface area contributed by atoms with Gasteiger partial charge in [0.1, 0.15) is 5.82 Å². The minimum Gasteiger partial charge on any atom is -0.318 e. The molecule has 0 bridgehead atoms. The molecule has 0 saturated heterocycles. The second kappa shape index (κ2) is 8.68. The molecule has 0 aliphatic heterocycles. The first kappa shape index (κ1) is 22.5. The summed E-state index contributed by atoms with van der Waals surface area (Å²) >= 11 is 9.70. The zero-order valence-corrected chi connectivity index (χ0v) is 21.0. The van der Waals surface area contributed by atoms with Crippen LogP contribution in [0.5, 0.6) is 0 Å². The van der Waals surface area contributed by atoms with Gasteiger partial charge in [-0.1, -0.05) is 47.4 Å². The van der Waals surface area contributed by atoms with Gasteiger partial charge >= 0.3 is 0 Å². The van der Waals surface area contributed by atoms with E-state index in [0.717, 1.165) is 32.7 Å².